The van der Waals surface area contributed by atoms with Crippen LogP contribution in [0.1, 0.15) is 11.1 Å². The average molecular weight is 358 g/mol. The number of nitrogens with zero attached hydrogens (tertiary/aromatic N) is 1. The van der Waals surface area contributed by atoms with Crippen LogP contribution in [0.25, 0.3) is 0 Å². The van der Waals surface area contributed by atoms with E-state index >= 15 is 0 Å². The summed E-state index contributed by atoms with van der Waals surface area (Å²) in [5, 5.41) is 28.6. The van der Waals surface area contributed by atoms with Crippen LogP contribution in [0.5, 0.6) is 0 Å². The molecule has 0 unspecified atom stereocenters. The number of amides is 1. The SMILES string of the molecule is Cc1ccc(NC(=O)CNc2cc([N+](=O)[O-])ccc2NCCO)c(C)c1. The summed E-state index contributed by atoms with van der Waals surface area (Å²) in [7, 11) is 0. The molecule has 8 nitrogen and oxygen atoms in total. The number of hydrogen-bond acceptors (Lipinski definition) is 6. The van der Waals surface area contributed by atoms with E-state index in [0.29, 0.717) is 17.9 Å². The van der Waals surface area contributed by atoms with Crippen molar-refractivity contribution < 1.29 is 14.8 Å². The third-order valence-electron chi connectivity index (χ3n) is 3.74. The number of aliphatic hydroxyl groups excluding tert-OH is 1. The van der Waals surface area contributed by atoms with Crippen LogP contribution in [0.4, 0.5) is 22.7 Å². The van der Waals surface area contributed by atoms with Crippen LogP contribution in [-0.4, -0.2) is 35.6 Å². The molecule has 138 valence electrons. The minimum Gasteiger partial charge on any atom is -0.395 e. The van der Waals surface area contributed by atoms with E-state index in [1.54, 1.807) is 0 Å². The van der Waals surface area contributed by atoms with Gasteiger partial charge in [0.25, 0.3) is 5.69 Å². The molecule has 26 heavy (non-hydrogen) atoms. The molecule has 0 radical (unpaired) electrons. The molecule has 0 fully saturated rings. The van der Waals surface area contributed by atoms with E-state index in [9.17, 15) is 14.9 Å². The number of benzene rings is 2. The van der Waals surface area contributed by atoms with Crippen molar-refractivity contribution in [3.63, 3.8) is 0 Å². The number of aryl methyl sites for hydroxylation is 2. The number of anilines is 3. The highest BCUT2D eigenvalue weighted by Crippen LogP contribution is 2.27. The summed E-state index contributed by atoms with van der Waals surface area (Å²) in [4.78, 5) is 22.7. The van der Waals surface area contributed by atoms with Gasteiger partial charge in [-0.2, -0.15) is 0 Å². The van der Waals surface area contributed by atoms with E-state index in [0.717, 1.165) is 16.8 Å². The molecule has 0 aromatic heterocycles. The molecule has 4 N–H and O–H groups in total. The second kappa shape index (κ2) is 8.82. The number of aliphatic hydroxyl groups is 1. The van der Waals surface area contributed by atoms with Gasteiger partial charge in [0.05, 0.1) is 29.4 Å². The van der Waals surface area contributed by atoms with Gasteiger partial charge in [-0.25, -0.2) is 0 Å². The highest BCUT2D eigenvalue weighted by molar-refractivity contribution is 5.95. The molecule has 2 rings (SSSR count). The highest BCUT2D eigenvalue weighted by atomic mass is 16.6. The summed E-state index contributed by atoms with van der Waals surface area (Å²) in [6, 6.07) is 9.97. The van der Waals surface area contributed by atoms with Crippen LogP contribution in [0.3, 0.4) is 0 Å². The minimum atomic E-state index is -0.503. The molecule has 0 aliphatic rings. The van der Waals surface area contributed by atoms with Crippen molar-refractivity contribution in [2.24, 2.45) is 0 Å². The normalized spacial score (nSPS) is 10.3. The first-order valence-electron chi connectivity index (χ1n) is 8.15. The monoisotopic (exact) mass is 358 g/mol. The quantitative estimate of drug-likeness (QED) is 0.426. The van der Waals surface area contributed by atoms with E-state index in [-0.39, 0.29) is 24.7 Å². The van der Waals surface area contributed by atoms with Gasteiger partial charge in [-0.15, -0.1) is 0 Å². The lowest BCUT2D eigenvalue weighted by atomic mass is 10.1. The third kappa shape index (κ3) is 5.18. The zero-order chi connectivity index (χ0) is 19.1. The van der Waals surface area contributed by atoms with Crippen molar-refractivity contribution >= 4 is 28.7 Å². The van der Waals surface area contributed by atoms with Gasteiger partial charge >= 0.3 is 0 Å². The number of nitro benzene ring substituents is 1. The first-order valence-corrected chi connectivity index (χ1v) is 8.15. The lowest BCUT2D eigenvalue weighted by Gasteiger charge is -2.14. The first-order chi connectivity index (χ1) is 12.4. The van der Waals surface area contributed by atoms with E-state index < -0.39 is 4.92 Å². The molecule has 0 heterocycles. The Morgan fingerprint density at radius 3 is 2.46 bits per heavy atom. The molecule has 0 aliphatic carbocycles. The van der Waals surface area contributed by atoms with Crippen LogP contribution in [0.2, 0.25) is 0 Å². The number of rotatable bonds is 8. The Kier molecular flexibility index (Phi) is 6.51. The Labute approximate surface area is 151 Å². The fourth-order valence-electron chi connectivity index (χ4n) is 2.46. The fourth-order valence-corrected chi connectivity index (χ4v) is 2.46. The van der Waals surface area contributed by atoms with Crippen LogP contribution < -0.4 is 16.0 Å². The number of hydrogen-bond donors (Lipinski definition) is 4. The van der Waals surface area contributed by atoms with E-state index in [4.69, 9.17) is 5.11 Å². The third-order valence-corrected chi connectivity index (χ3v) is 3.74. The van der Waals surface area contributed by atoms with Gasteiger partial charge in [0.2, 0.25) is 5.91 Å². The Bertz CT molecular complexity index is 808. The minimum absolute atomic E-state index is 0.0533. The molecule has 8 heteroatoms. The van der Waals surface area contributed by atoms with Gasteiger partial charge in [0, 0.05) is 24.4 Å². The van der Waals surface area contributed by atoms with Gasteiger partial charge in [-0.05, 0) is 31.5 Å². The lowest BCUT2D eigenvalue weighted by Crippen LogP contribution is -2.22. The van der Waals surface area contributed by atoms with Crippen molar-refractivity contribution in [2.45, 2.75) is 13.8 Å². The van der Waals surface area contributed by atoms with Gasteiger partial charge in [0.15, 0.2) is 0 Å². The van der Waals surface area contributed by atoms with Gasteiger partial charge < -0.3 is 21.1 Å². The molecule has 2 aromatic rings. The van der Waals surface area contributed by atoms with E-state index in [2.05, 4.69) is 16.0 Å². The molecule has 0 saturated carbocycles. The molecule has 0 atom stereocenters. The molecule has 0 bridgehead atoms. The maximum atomic E-state index is 12.2. The number of nitrogens with one attached hydrogen (secondary N) is 3. The molecule has 0 spiro atoms. The van der Waals surface area contributed by atoms with Crippen molar-refractivity contribution in [1.29, 1.82) is 0 Å². The number of non-ortho nitro benzene ring substituents is 1. The second-order valence-corrected chi connectivity index (χ2v) is 5.86. The predicted molar refractivity (Wildman–Crippen MR) is 102 cm³/mol. The predicted octanol–water partition coefficient (Wildman–Crippen LogP) is 2.67. The molecular formula is C18H22N4O4. The Balaban J connectivity index is 2.07. The second-order valence-electron chi connectivity index (χ2n) is 5.86. The first kappa shape index (κ1) is 19.2. The Morgan fingerprint density at radius 2 is 1.81 bits per heavy atom. The molecular weight excluding hydrogens is 336 g/mol. The standard InChI is InChI=1S/C18H22N4O4/c1-12-3-5-15(13(2)9-12)21-18(24)11-20-17-10-14(22(25)26)4-6-16(17)19-7-8-23/h3-6,9-10,19-20,23H,7-8,11H2,1-2H3,(H,21,24). The van der Waals surface area contributed by atoms with Crippen LogP contribution in [0.15, 0.2) is 36.4 Å². The number of carbonyl (C=O) groups excluding carboxylic acids is 1. The summed E-state index contributed by atoms with van der Waals surface area (Å²) in [6.07, 6.45) is 0. The lowest BCUT2D eigenvalue weighted by molar-refractivity contribution is -0.384. The maximum Gasteiger partial charge on any atom is 0.271 e. The number of nitro groups is 1. The molecule has 2 aromatic carbocycles. The van der Waals surface area contributed by atoms with Crippen molar-refractivity contribution in [1.82, 2.24) is 0 Å². The van der Waals surface area contributed by atoms with Gasteiger partial charge in [-0.3, -0.25) is 14.9 Å². The van der Waals surface area contributed by atoms with Gasteiger partial charge in [0.1, 0.15) is 0 Å². The summed E-state index contributed by atoms with van der Waals surface area (Å²) in [5.74, 6) is -0.267. The fraction of sp³-hybridized carbons (Fsp3) is 0.278. The van der Waals surface area contributed by atoms with Crippen molar-refractivity contribution in [3.8, 4) is 0 Å². The van der Waals surface area contributed by atoms with Crippen molar-refractivity contribution in [2.75, 3.05) is 35.6 Å². The van der Waals surface area contributed by atoms with Crippen LogP contribution in [0, 0.1) is 24.0 Å². The van der Waals surface area contributed by atoms with Gasteiger partial charge in [-0.1, -0.05) is 17.7 Å². The zero-order valence-corrected chi connectivity index (χ0v) is 14.7. The highest BCUT2D eigenvalue weighted by Gasteiger charge is 2.12. The largest absolute Gasteiger partial charge is 0.395 e. The summed E-state index contributed by atoms with van der Waals surface area (Å²) in [6.45, 7) is 4.05. The average Bonchev–Trinajstić information content (AvgIpc) is 2.60. The molecule has 0 saturated heterocycles. The van der Waals surface area contributed by atoms with E-state index in [1.165, 1.54) is 18.2 Å². The van der Waals surface area contributed by atoms with E-state index in [1.807, 2.05) is 32.0 Å². The van der Waals surface area contributed by atoms with Crippen LogP contribution in [-0.2, 0) is 4.79 Å². The molecule has 1 amide bonds. The topological polar surface area (TPSA) is 117 Å². The summed E-state index contributed by atoms with van der Waals surface area (Å²) in [5.41, 5.74) is 3.69. The summed E-state index contributed by atoms with van der Waals surface area (Å²) < 4.78 is 0. The van der Waals surface area contributed by atoms with Crippen molar-refractivity contribution in [3.05, 3.63) is 57.6 Å². The maximum absolute atomic E-state index is 12.2. The smallest absolute Gasteiger partial charge is 0.271 e. The Morgan fingerprint density at radius 1 is 1.08 bits per heavy atom. The molecule has 0 aliphatic heterocycles. The zero-order valence-electron chi connectivity index (χ0n) is 14.7. The summed E-state index contributed by atoms with van der Waals surface area (Å²) >= 11 is 0. The number of carbonyl (C=O) groups is 1. The Hall–Kier alpha value is -3.13. The van der Waals surface area contributed by atoms with Crippen LogP contribution >= 0.6 is 0 Å².